The summed E-state index contributed by atoms with van der Waals surface area (Å²) in [6, 6.07) is 3.14. The highest BCUT2D eigenvalue weighted by atomic mass is 16.5. The fourth-order valence-electron chi connectivity index (χ4n) is 4.73. The maximum Gasteiger partial charge on any atom is 0.323 e. The molecule has 2 aliphatic heterocycles. The zero-order chi connectivity index (χ0) is 19.1. The van der Waals surface area contributed by atoms with Gasteiger partial charge in [0.05, 0.1) is 18.7 Å². The van der Waals surface area contributed by atoms with Gasteiger partial charge >= 0.3 is 5.97 Å². The number of aliphatic hydroxyl groups is 1. The molecule has 0 spiro atoms. The van der Waals surface area contributed by atoms with Crippen molar-refractivity contribution in [1.29, 1.82) is 0 Å². The topological polar surface area (TPSA) is 97.6 Å². The monoisotopic (exact) mass is 370 g/mol. The van der Waals surface area contributed by atoms with Crippen LogP contribution >= 0.6 is 0 Å². The number of carbonyl (C=O) groups is 1. The summed E-state index contributed by atoms with van der Waals surface area (Å²) < 4.78 is 6.74. The molecule has 0 aromatic carbocycles. The molecule has 142 valence electrons. The number of likely N-dealkylation sites (tertiary alicyclic amines) is 1. The highest BCUT2D eigenvalue weighted by Crippen LogP contribution is 2.49. The summed E-state index contributed by atoms with van der Waals surface area (Å²) in [6.07, 6.45) is 4.67. The number of likely N-dealkylation sites (N-methyl/N-ethyl adjacent to an activating group) is 1. The summed E-state index contributed by atoms with van der Waals surface area (Å²) in [5, 5.41) is 9.98. The summed E-state index contributed by atoms with van der Waals surface area (Å²) in [5.74, 6) is -0.628. The SMILES string of the molecule is CCN1[C@H](C(=O)OC)[C@@H](CO)[C@@H]2Cn3c(ccc(-c4cncnc4)c3=O)[C@@H]21. The lowest BCUT2D eigenvalue weighted by Crippen LogP contribution is -2.43. The number of nitrogens with zero attached hydrogens (tertiary/aromatic N) is 4. The summed E-state index contributed by atoms with van der Waals surface area (Å²) >= 11 is 0. The van der Waals surface area contributed by atoms with E-state index in [1.807, 2.05) is 17.9 Å². The Balaban J connectivity index is 1.79. The number of fused-ring (bicyclic) bond motifs is 3. The van der Waals surface area contributed by atoms with Crippen molar-refractivity contribution in [1.82, 2.24) is 19.4 Å². The number of esters is 1. The molecule has 1 fully saturated rings. The Kier molecular flexibility index (Phi) is 4.53. The van der Waals surface area contributed by atoms with E-state index in [-0.39, 0.29) is 36.0 Å². The van der Waals surface area contributed by atoms with E-state index in [2.05, 4.69) is 9.97 Å². The van der Waals surface area contributed by atoms with Gasteiger partial charge in [0.2, 0.25) is 0 Å². The van der Waals surface area contributed by atoms with Gasteiger partial charge in [-0.15, -0.1) is 0 Å². The normalized spacial score (nSPS) is 26.6. The first kappa shape index (κ1) is 17.8. The molecule has 0 unspecified atom stereocenters. The van der Waals surface area contributed by atoms with Crippen LogP contribution in [0.5, 0.6) is 0 Å². The Morgan fingerprint density at radius 3 is 2.70 bits per heavy atom. The van der Waals surface area contributed by atoms with Crippen LogP contribution in [0.25, 0.3) is 11.1 Å². The Labute approximate surface area is 156 Å². The predicted molar refractivity (Wildman–Crippen MR) is 96.7 cm³/mol. The minimum absolute atomic E-state index is 0.0194. The molecule has 4 heterocycles. The molecule has 2 aromatic heterocycles. The highest BCUT2D eigenvalue weighted by Gasteiger charge is 2.55. The number of hydrogen-bond acceptors (Lipinski definition) is 7. The fraction of sp³-hybridized carbons (Fsp3) is 0.474. The molecule has 1 N–H and O–H groups in total. The van der Waals surface area contributed by atoms with Crippen molar-refractivity contribution >= 4 is 5.97 Å². The zero-order valence-corrected chi connectivity index (χ0v) is 15.3. The molecule has 2 aromatic rings. The van der Waals surface area contributed by atoms with Crippen LogP contribution in [0.1, 0.15) is 18.7 Å². The summed E-state index contributed by atoms with van der Waals surface area (Å²) in [7, 11) is 1.37. The maximum atomic E-state index is 13.1. The lowest BCUT2D eigenvalue weighted by atomic mass is 9.88. The van der Waals surface area contributed by atoms with Crippen LogP contribution in [0.3, 0.4) is 0 Å². The fourth-order valence-corrected chi connectivity index (χ4v) is 4.73. The zero-order valence-electron chi connectivity index (χ0n) is 15.3. The quantitative estimate of drug-likeness (QED) is 0.781. The summed E-state index contributed by atoms with van der Waals surface area (Å²) in [5.41, 5.74) is 2.00. The number of carbonyl (C=O) groups excluding carboxylic acids is 1. The van der Waals surface area contributed by atoms with Crippen LogP contribution in [-0.2, 0) is 16.1 Å². The van der Waals surface area contributed by atoms with Gasteiger partial charge in [0.15, 0.2) is 0 Å². The van der Waals surface area contributed by atoms with Crippen molar-refractivity contribution in [2.75, 3.05) is 20.3 Å². The van der Waals surface area contributed by atoms with Crippen molar-refractivity contribution in [3.63, 3.8) is 0 Å². The minimum Gasteiger partial charge on any atom is -0.468 e. The van der Waals surface area contributed by atoms with E-state index in [0.717, 1.165) is 5.69 Å². The van der Waals surface area contributed by atoms with Crippen LogP contribution < -0.4 is 5.56 Å². The third-order valence-corrected chi connectivity index (χ3v) is 5.87. The first-order valence-corrected chi connectivity index (χ1v) is 9.05. The van der Waals surface area contributed by atoms with Gasteiger partial charge < -0.3 is 14.4 Å². The van der Waals surface area contributed by atoms with Crippen LogP contribution in [0.15, 0.2) is 35.6 Å². The van der Waals surface area contributed by atoms with Gasteiger partial charge in [-0.3, -0.25) is 14.5 Å². The molecule has 0 aliphatic carbocycles. The molecular formula is C19H22N4O4. The van der Waals surface area contributed by atoms with E-state index in [1.165, 1.54) is 13.4 Å². The van der Waals surface area contributed by atoms with Gasteiger partial charge in [-0.1, -0.05) is 6.92 Å². The lowest BCUT2D eigenvalue weighted by Gasteiger charge is -2.28. The van der Waals surface area contributed by atoms with Crippen molar-refractivity contribution in [3.05, 3.63) is 46.9 Å². The van der Waals surface area contributed by atoms with E-state index < -0.39 is 6.04 Å². The van der Waals surface area contributed by atoms with Crippen molar-refractivity contribution in [3.8, 4) is 11.1 Å². The number of aromatic nitrogens is 3. The van der Waals surface area contributed by atoms with E-state index in [4.69, 9.17) is 4.74 Å². The molecule has 0 amide bonds. The number of aliphatic hydroxyl groups excluding tert-OH is 1. The van der Waals surface area contributed by atoms with Gasteiger partial charge in [-0.2, -0.15) is 0 Å². The molecule has 2 aliphatic rings. The smallest absolute Gasteiger partial charge is 0.323 e. The van der Waals surface area contributed by atoms with Gasteiger partial charge in [0.1, 0.15) is 12.4 Å². The minimum atomic E-state index is -0.494. The number of rotatable bonds is 4. The number of pyridine rings is 1. The average Bonchev–Trinajstić information content (AvgIpc) is 3.23. The second-order valence-corrected chi connectivity index (χ2v) is 6.97. The van der Waals surface area contributed by atoms with Crippen LogP contribution in [-0.4, -0.2) is 56.8 Å². The number of methoxy groups -OCH3 is 1. The van der Waals surface area contributed by atoms with Crippen molar-refractivity contribution in [2.24, 2.45) is 11.8 Å². The number of hydrogen-bond donors (Lipinski definition) is 1. The Morgan fingerprint density at radius 2 is 2.07 bits per heavy atom. The second-order valence-electron chi connectivity index (χ2n) is 6.97. The third-order valence-electron chi connectivity index (χ3n) is 5.87. The largest absolute Gasteiger partial charge is 0.468 e. The van der Waals surface area contributed by atoms with E-state index in [0.29, 0.717) is 24.2 Å². The van der Waals surface area contributed by atoms with E-state index in [1.54, 1.807) is 23.0 Å². The Bertz CT molecular complexity index is 914. The molecular weight excluding hydrogens is 348 g/mol. The molecule has 0 radical (unpaired) electrons. The molecule has 8 nitrogen and oxygen atoms in total. The van der Waals surface area contributed by atoms with Crippen LogP contribution in [0.4, 0.5) is 0 Å². The van der Waals surface area contributed by atoms with Gasteiger partial charge in [0.25, 0.3) is 5.56 Å². The summed E-state index contributed by atoms with van der Waals surface area (Å²) in [4.78, 5) is 35.5. The average molecular weight is 370 g/mol. The number of ether oxygens (including phenoxy) is 1. The standard InChI is InChI=1S/C19H22N4O4/c1-3-22-16-13(14(9-24)17(22)19(26)27-2)8-23-15(16)5-4-12(18(23)25)11-6-20-10-21-7-11/h4-7,10,13-14,16-17,24H,3,8-9H2,1-2H3/t13-,14-,16+,17-/m0/s1. The van der Waals surface area contributed by atoms with E-state index >= 15 is 0 Å². The first-order valence-electron chi connectivity index (χ1n) is 9.05. The molecule has 27 heavy (non-hydrogen) atoms. The van der Waals surface area contributed by atoms with Crippen molar-refractivity contribution < 1.29 is 14.6 Å². The predicted octanol–water partition coefficient (Wildman–Crippen LogP) is 0.462. The molecule has 4 atom stereocenters. The Hall–Kier alpha value is -2.58. The maximum absolute atomic E-state index is 13.1. The Morgan fingerprint density at radius 1 is 1.33 bits per heavy atom. The van der Waals surface area contributed by atoms with Gasteiger partial charge in [-0.25, -0.2) is 9.97 Å². The van der Waals surface area contributed by atoms with Crippen molar-refractivity contribution in [2.45, 2.75) is 25.6 Å². The lowest BCUT2D eigenvalue weighted by molar-refractivity contribution is -0.148. The molecule has 4 rings (SSSR count). The first-order chi connectivity index (χ1) is 13.1. The molecule has 1 saturated heterocycles. The summed E-state index contributed by atoms with van der Waals surface area (Å²) in [6.45, 7) is 2.94. The van der Waals surface area contributed by atoms with Crippen LogP contribution in [0.2, 0.25) is 0 Å². The van der Waals surface area contributed by atoms with Gasteiger partial charge in [0, 0.05) is 48.6 Å². The van der Waals surface area contributed by atoms with E-state index in [9.17, 15) is 14.7 Å². The van der Waals surface area contributed by atoms with Crippen LogP contribution in [0, 0.1) is 11.8 Å². The molecule has 0 saturated carbocycles. The third kappa shape index (κ3) is 2.59. The second kappa shape index (κ2) is 6.86. The molecule has 8 heteroatoms. The molecule has 0 bridgehead atoms. The van der Waals surface area contributed by atoms with Gasteiger partial charge in [-0.05, 0) is 18.7 Å². The highest BCUT2D eigenvalue weighted by molar-refractivity contribution is 5.77.